The van der Waals surface area contributed by atoms with Crippen molar-refractivity contribution in [2.24, 2.45) is 0 Å². The molecular weight excluding hydrogens is 548 g/mol. The Hall–Kier alpha value is -0.950. The standard InChI is InChI=1S/C38H74N2O4/c1-6-8-10-12-14-16-18-20-22-24-26-32(3)40(5,33(4)27-25-23-21-19-17-15-13-11-9-7-2)29-28-39-38(44)34-30-35(41)37(43)36(42)31-34/h30,32-33,35-37,41-43H,6-29,31H2,1-5H3/p+1/t32?,33?,35-,36-,37-,40?/m1/s1. The maximum atomic E-state index is 12.9. The Morgan fingerprint density at radius 2 is 1.11 bits per heavy atom. The molecule has 44 heavy (non-hydrogen) atoms. The summed E-state index contributed by atoms with van der Waals surface area (Å²) in [7, 11) is 2.39. The third-order valence-corrected chi connectivity index (χ3v) is 10.7. The van der Waals surface area contributed by atoms with Crippen LogP contribution in [-0.2, 0) is 4.79 Å². The quantitative estimate of drug-likeness (QED) is 0.0521. The fourth-order valence-electron chi connectivity index (χ4n) is 6.96. The summed E-state index contributed by atoms with van der Waals surface area (Å²) < 4.78 is 0.956. The summed E-state index contributed by atoms with van der Waals surface area (Å²) in [5, 5.41) is 32.9. The first-order valence-corrected chi connectivity index (χ1v) is 19.0. The molecule has 2 unspecified atom stereocenters. The fourth-order valence-corrected chi connectivity index (χ4v) is 6.96. The second-order valence-electron chi connectivity index (χ2n) is 14.4. The molecule has 0 aliphatic heterocycles. The molecule has 4 N–H and O–H groups in total. The summed E-state index contributed by atoms with van der Waals surface area (Å²) in [6, 6.07) is 1.04. The minimum absolute atomic E-state index is 0.0699. The molecule has 0 heterocycles. The molecule has 0 aromatic heterocycles. The van der Waals surface area contributed by atoms with Crippen LogP contribution in [0.15, 0.2) is 11.6 Å². The topological polar surface area (TPSA) is 89.8 Å². The molecule has 0 fully saturated rings. The Bertz CT molecular complexity index is 712. The Kier molecular flexibility index (Phi) is 23.5. The first-order valence-electron chi connectivity index (χ1n) is 19.0. The first-order chi connectivity index (χ1) is 21.2. The second-order valence-corrected chi connectivity index (χ2v) is 14.4. The maximum Gasteiger partial charge on any atom is 0.247 e. The van der Waals surface area contributed by atoms with Gasteiger partial charge in [-0.3, -0.25) is 4.79 Å². The van der Waals surface area contributed by atoms with Gasteiger partial charge >= 0.3 is 0 Å². The lowest BCUT2D eigenvalue weighted by Gasteiger charge is -2.45. The lowest BCUT2D eigenvalue weighted by molar-refractivity contribution is -0.952. The van der Waals surface area contributed by atoms with E-state index in [-0.39, 0.29) is 12.3 Å². The van der Waals surface area contributed by atoms with Gasteiger partial charge in [0.05, 0.1) is 38.3 Å². The third-order valence-electron chi connectivity index (χ3n) is 10.7. The lowest BCUT2D eigenvalue weighted by atomic mass is 9.92. The number of unbranched alkanes of at least 4 members (excludes halogenated alkanes) is 18. The molecule has 260 valence electrons. The zero-order valence-electron chi connectivity index (χ0n) is 29.8. The number of quaternary nitrogens is 1. The minimum Gasteiger partial charge on any atom is -0.390 e. The van der Waals surface area contributed by atoms with Crippen LogP contribution in [0.25, 0.3) is 0 Å². The van der Waals surface area contributed by atoms with E-state index < -0.39 is 18.3 Å². The van der Waals surface area contributed by atoms with Gasteiger partial charge in [-0.05, 0) is 45.6 Å². The summed E-state index contributed by atoms with van der Waals surface area (Å²) in [5.41, 5.74) is 0.362. The Morgan fingerprint density at radius 1 is 0.727 bits per heavy atom. The van der Waals surface area contributed by atoms with Gasteiger partial charge in [-0.25, -0.2) is 0 Å². The molecule has 1 amide bonds. The Morgan fingerprint density at radius 3 is 1.50 bits per heavy atom. The predicted octanol–water partition coefficient (Wildman–Crippen LogP) is 8.36. The van der Waals surface area contributed by atoms with E-state index in [9.17, 15) is 20.1 Å². The van der Waals surface area contributed by atoms with E-state index >= 15 is 0 Å². The van der Waals surface area contributed by atoms with Gasteiger partial charge < -0.3 is 25.1 Å². The van der Waals surface area contributed by atoms with Crippen molar-refractivity contribution in [3.8, 4) is 0 Å². The summed E-state index contributed by atoms with van der Waals surface area (Å²) in [6.07, 6.45) is 27.4. The van der Waals surface area contributed by atoms with Crippen molar-refractivity contribution in [1.29, 1.82) is 0 Å². The summed E-state index contributed by atoms with van der Waals surface area (Å²) in [6.45, 7) is 10.8. The largest absolute Gasteiger partial charge is 0.390 e. The normalized spacial score (nSPS) is 21.5. The van der Waals surface area contributed by atoms with Crippen molar-refractivity contribution >= 4 is 5.91 Å². The zero-order chi connectivity index (χ0) is 32.6. The molecular formula is C38H75N2O4+. The molecule has 1 rings (SSSR count). The second kappa shape index (κ2) is 25.2. The number of carbonyl (C=O) groups excluding carboxylic acids is 1. The average Bonchev–Trinajstić information content (AvgIpc) is 3.00. The molecule has 6 heteroatoms. The smallest absolute Gasteiger partial charge is 0.247 e. The number of hydrogen-bond acceptors (Lipinski definition) is 4. The van der Waals surface area contributed by atoms with Gasteiger partial charge in [0.2, 0.25) is 5.91 Å². The van der Waals surface area contributed by atoms with Crippen LogP contribution in [0.2, 0.25) is 0 Å². The van der Waals surface area contributed by atoms with Crippen molar-refractivity contribution < 1.29 is 24.6 Å². The molecule has 0 radical (unpaired) electrons. The van der Waals surface area contributed by atoms with Crippen LogP contribution in [0.5, 0.6) is 0 Å². The van der Waals surface area contributed by atoms with Crippen LogP contribution in [-0.4, -0.2) is 76.2 Å². The Balaban J connectivity index is 2.55. The summed E-state index contributed by atoms with van der Waals surface area (Å²) in [5.74, 6) is -0.244. The van der Waals surface area contributed by atoms with Crippen molar-refractivity contribution in [1.82, 2.24) is 5.32 Å². The van der Waals surface area contributed by atoms with Gasteiger partial charge in [-0.1, -0.05) is 129 Å². The molecule has 1 aliphatic rings. The lowest BCUT2D eigenvalue weighted by Crippen LogP contribution is -2.59. The highest BCUT2D eigenvalue weighted by molar-refractivity contribution is 5.93. The predicted molar refractivity (Wildman–Crippen MR) is 187 cm³/mol. The van der Waals surface area contributed by atoms with Crippen molar-refractivity contribution in [2.75, 3.05) is 20.1 Å². The highest BCUT2D eigenvalue weighted by atomic mass is 16.4. The number of aliphatic hydroxyl groups is 3. The van der Waals surface area contributed by atoms with Crippen LogP contribution in [0, 0.1) is 0 Å². The van der Waals surface area contributed by atoms with Gasteiger partial charge in [0.25, 0.3) is 0 Å². The van der Waals surface area contributed by atoms with Crippen LogP contribution < -0.4 is 5.32 Å². The van der Waals surface area contributed by atoms with E-state index in [2.05, 4.69) is 40.1 Å². The molecule has 0 aromatic rings. The number of nitrogens with zero attached hydrogens (tertiary/aromatic N) is 1. The summed E-state index contributed by atoms with van der Waals surface area (Å²) in [4.78, 5) is 12.9. The first kappa shape index (κ1) is 41.1. The van der Waals surface area contributed by atoms with Crippen molar-refractivity contribution in [3.63, 3.8) is 0 Å². The van der Waals surface area contributed by atoms with Gasteiger partial charge in [-0.15, -0.1) is 0 Å². The van der Waals surface area contributed by atoms with Crippen LogP contribution in [0.3, 0.4) is 0 Å². The third kappa shape index (κ3) is 17.1. The van der Waals surface area contributed by atoms with Gasteiger partial charge in [0.1, 0.15) is 12.2 Å². The maximum absolute atomic E-state index is 12.9. The van der Waals surface area contributed by atoms with Crippen molar-refractivity contribution in [3.05, 3.63) is 11.6 Å². The highest BCUT2D eigenvalue weighted by Crippen LogP contribution is 2.26. The van der Waals surface area contributed by atoms with Gasteiger partial charge in [0.15, 0.2) is 0 Å². The van der Waals surface area contributed by atoms with E-state index in [1.54, 1.807) is 0 Å². The highest BCUT2D eigenvalue weighted by Gasteiger charge is 2.35. The number of carbonyl (C=O) groups is 1. The van der Waals surface area contributed by atoms with E-state index in [4.69, 9.17) is 0 Å². The number of nitrogens with one attached hydrogen (secondary N) is 1. The fraction of sp³-hybridized carbons (Fsp3) is 0.921. The Labute approximate surface area is 273 Å². The molecule has 1 aliphatic carbocycles. The van der Waals surface area contributed by atoms with E-state index in [1.807, 2.05) is 0 Å². The molecule has 0 spiro atoms. The molecule has 0 aromatic carbocycles. The van der Waals surface area contributed by atoms with Crippen LogP contribution in [0.4, 0.5) is 0 Å². The van der Waals surface area contributed by atoms with Gasteiger partial charge in [0, 0.05) is 12.0 Å². The monoisotopic (exact) mass is 624 g/mol. The van der Waals surface area contributed by atoms with Crippen LogP contribution >= 0.6 is 0 Å². The minimum atomic E-state index is -1.23. The molecule has 0 saturated heterocycles. The van der Waals surface area contributed by atoms with E-state index in [0.29, 0.717) is 24.2 Å². The molecule has 5 atom stereocenters. The SMILES string of the molecule is CCCCCCCCCCCCC(C)[N+](C)(CCNC(=O)C1=C[C@@H](O)[C@@H](O)[C@H](O)C1)C(C)CCCCCCCCCCCC. The molecule has 0 saturated carbocycles. The molecule has 6 nitrogen and oxygen atoms in total. The number of hydrogen-bond donors (Lipinski definition) is 4. The zero-order valence-corrected chi connectivity index (χ0v) is 29.8. The van der Waals surface area contributed by atoms with E-state index in [1.165, 1.54) is 147 Å². The van der Waals surface area contributed by atoms with E-state index in [0.717, 1.165) is 11.0 Å². The number of amides is 1. The van der Waals surface area contributed by atoms with Gasteiger partial charge in [-0.2, -0.15) is 0 Å². The molecule has 0 bridgehead atoms. The van der Waals surface area contributed by atoms with Crippen molar-refractivity contribution in [2.45, 2.75) is 206 Å². The average molecular weight is 624 g/mol. The number of aliphatic hydroxyl groups excluding tert-OH is 3. The van der Waals surface area contributed by atoms with Crippen LogP contribution in [0.1, 0.15) is 175 Å². The summed E-state index contributed by atoms with van der Waals surface area (Å²) >= 11 is 0. The number of likely N-dealkylation sites (N-methyl/N-ethyl adjacent to an activating group) is 1. The number of rotatable bonds is 28.